The molecule has 0 fully saturated rings. The van der Waals surface area contributed by atoms with E-state index in [1.54, 1.807) is 19.2 Å². The van der Waals surface area contributed by atoms with E-state index >= 15 is 0 Å². The monoisotopic (exact) mass is 264 g/mol. The fourth-order valence-electron chi connectivity index (χ4n) is 0.944. The van der Waals surface area contributed by atoms with Gasteiger partial charge in [-0.25, -0.2) is 4.98 Å². The minimum atomic E-state index is -0.800. The van der Waals surface area contributed by atoms with Crippen LogP contribution < -0.4 is 5.73 Å². The zero-order valence-corrected chi connectivity index (χ0v) is 9.43. The minimum absolute atomic E-state index is 0.147. The number of aliphatic hydroxyl groups is 1. The standard InChI is InChI=1S/C8H10BrClN2O/c1-8(11,4-13)5-2-3-12-7(10)6(5)9/h2-3,13H,4,11H2,1H3/t8-/m1/s1. The van der Waals surface area contributed by atoms with Crippen molar-refractivity contribution in [3.8, 4) is 0 Å². The minimum Gasteiger partial charge on any atom is -0.394 e. The number of halogens is 2. The van der Waals surface area contributed by atoms with Crippen LogP contribution in [0.5, 0.6) is 0 Å². The van der Waals surface area contributed by atoms with Gasteiger partial charge in [0, 0.05) is 6.20 Å². The van der Waals surface area contributed by atoms with Gasteiger partial charge in [0.15, 0.2) is 0 Å². The number of aliphatic hydroxyl groups excluding tert-OH is 1. The fourth-order valence-corrected chi connectivity index (χ4v) is 1.79. The van der Waals surface area contributed by atoms with Crippen molar-refractivity contribution in [2.24, 2.45) is 5.73 Å². The lowest BCUT2D eigenvalue weighted by molar-refractivity contribution is 0.209. The predicted molar refractivity (Wildman–Crippen MR) is 55.6 cm³/mol. The van der Waals surface area contributed by atoms with Gasteiger partial charge < -0.3 is 10.8 Å². The molecule has 0 bridgehead atoms. The highest BCUT2D eigenvalue weighted by Gasteiger charge is 2.23. The Morgan fingerprint density at radius 2 is 2.38 bits per heavy atom. The van der Waals surface area contributed by atoms with E-state index in [1.165, 1.54) is 0 Å². The molecule has 13 heavy (non-hydrogen) atoms. The van der Waals surface area contributed by atoms with Crippen LogP contribution in [0, 0.1) is 0 Å². The predicted octanol–water partition coefficient (Wildman–Crippen LogP) is 1.66. The van der Waals surface area contributed by atoms with E-state index in [0.717, 1.165) is 5.56 Å². The summed E-state index contributed by atoms with van der Waals surface area (Å²) in [5.74, 6) is 0. The molecule has 0 saturated heterocycles. The summed E-state index contributed by atoms with van der Waals surface area (Å²) in [7, 11) is 0. The molecule has 72 valence electrons. The van der Waals surface area contributed by atoms with Crippen LogP contribution in [0.25, 0.3) is 0 Å². The second kappa shape index (κ2) is 3.92. The van der Waals surface area contributed by atoms with E-state index in [-0.39, 0.29) is 6.61 Å². The number of nitrogens with zero attached hydrogens (tertiary/aromatic N) is 1. The molecule has 0 aromatic carbocycles. The molecule has 0 saturated carbocycles. The van der Waals surface area contributed by atoms with Crippen molar-refractivity contribution in [2.45, 2.75) is 12.5 Å². The molecule has 3 N–H and O–H groups in total. The van der Waals surface area contributed by atoms with Crippen LogP contribution in [0.4, 0.5) is 0 Å². The van der Waals surface area contributed by atoms with Crippen molar-refractivity contribution in [1.82, 2.24) is 4.98 Å². The van der Waals surface area contributed by atoms with Crippen molar-refractivity contribution >= 4 is 27.5 Å². The highest BCUT2D eigenvalue weighted by atomic mass is 79.9. The van der Waals surface area contributed by atoms with Gasteiger partial charge in [-0.3, -0.25) is 0 Å². The first-order chi connectivity index (χ1) is 5.99. The quantitative estimate of drug-likeness (QED) is 0.800. The summed E-state index contributed by atoms with van der Waals surface area (Å²) in [5, 5.41) is 9.40. The Balaban J connectivity index is 3.22. The van der Waals surface area contributed by atoms with E-state index in [1.807, 2.05) is 0 Å². The molecule has 3 nitrogen and oxygen atoms in total. The molecule has 0 radical (unpaired) electrons. The molecule has 0 aliphatic heterocycles. The van der Waals surface area contributed by atoms with Crippen molar-refractivity contribution in [3.05, 3.63) is 27.5 Å². The summed E-state index contributed by atoms with van der Waals surface area (Å²) in [6.07, 6.45) is 1.56. The van der Waals surface area contributed by atoms with Crippen LogP contribution in [0.3, 0.4) is 0 Å². The van der Waals surface area contributed by atoms with Crippen molar-refractivity contribution in [2.75, 3.05) is 6.61 Å². The summed E-state index contributed by atoms with van der Waals surface area (Å²) in [6.45, 7) is 1.58. The smallest absolute Gasteiger partial charge is 0.143 e. The Morgan fingerprint density at radius 3 is 2.92 bits per heavy atom. The SMILES string of the molecule is C[C@@](N)(CO)c1ccnc(Cl)c1Br. The Bertz CT molecular complexity index is 317. The third-order valence-corrected chi connectivity index (χ3v) is 3.11. The van der Waals surface area contributed by atoms with Gasteiger partial charge in [-0.2, -0.15) is 0 Å². The topological polar surface area (TPSA) is 59.1 Å². The summed E-state index contributed by atoms with van der Waals surface area (Å²) in [4.78, 5) is 3.87. The van der Waals surface area contributed by atoms with E-state index in [9.17, 15) is 0 Å². The number of hydrogen-bond donors (Lipinski definition) is 2. The Labute approximate surface area is 90.1 Å². The Kier molecular flexibility index (Phi) is 3.29. The fraction of sp³-hybridized carbons (Fsp3) is 0.375. The van der Waals surface area contributed by atoms with Gasteiger partial charge in [0.2, 0.25) is 0 Å². The first kappa shape index (κ1) is 10.9. The highest BCUT2D eigenvalue weighted by Crippen LogP contribution is 2.30. The lowest BCUT2D eigenvalue weighted by Crippen LogP contribution is -2.37. The van der Waals surface area contributed by atoms with Gasteiger partial charge in [-0.1, -0.05) is 11.6 Å². The Morgan fingerprint density at radius 1 is 1.77 bits per heavy atom. The van der Waals surface area contributed by atoms with E-state index in [2.05, 4.69) is 20.9 Å². The lowest BCUT2D eigenvalue weighted by Gasteiger charge is -2.23. The summed E-state index contributed by atoms with van der Waals surface area (Å²) in [5.41, 5.74) is 5.79. The molecule has 1 heterocycles. The number of rotatable bonds is 2. The molecule has 0 aliphatic carbocycles. The third kappa shape index (κ3) is 2.20. The molecular formula is C8H10BrClN2O. The van der Waals surface area contributed by atoms with Crippen molar-refractivity contribution in [3.63, 3.8) is 0 Å². The van der Waals surface area contributed by atoms with Crippen LogP contribution in [-0.4, -0.2) is 16.7 Å². The first-order valence-corrected chi connectivity index (χ1v) is 4.86. The second-order valence-electron chi connectivity index (χ2n) is 3.04. The first-order valence-electron chi connectivity index (χ1n) is 3.69. The van der Waals surface area contributed by atoms with Gasteiger partial charge in [0.25, 0.3) is 0 Å². The maximum Gasteiger partial charge on any atom is 0.143 e. The van der Waals surface area contributed by atoms with Gasteiger partial charge >= 0.3 is 0 Å². The summed E-state index contributed by atoms with van der Waals surface area (Å²) >= 11 is 9.05. The molecule has 1 rings (SSSR count). The molecule has 1 aromatic rings. The normalized spacial score (nSPS) is 15.5. The van der Waals surface area contributed by atoms with Crippen LogP contribution in [-0.2, 0) is 5.54 Å². The number of nitrogens with two attached hydrogens (primary N) is 1. The van der Waals surface area contributed by atoms with Gasteiger partial charge in [-0.15, -0.1) is 0 Å². The average Bonchev–Trinajstić information content (AvgIpc) is 2.09. The van der Waals surface area contributed by atoms with Crippen molar-refractivity contribution < 1.29 is 5.11 Å². The molecule has 0 amide bonds. The Hall–Kier alpha value is -0.160. The second-order valence-corrected chi connectivity index (χ2v) is 4.19. The van der Waals surface area contributed by atoms with Gasteiger partial charge in [-0.05, 0) is 34.5 Å². The molecule has 0 spiro atoms. The largest absolute Gasteiger partial charge is 0.394 e. The third-order valence-electron chi connectivity index (χ3n) is 1.79. The maximum atomic E-state index is 9.05. The van der Waals surface area contributed by atoms with E-state index in [0.29, 0.717) is 9.63 Å². The average molecular weight is 266 g/mol. The molecule has 0 aliphatic rings. The molecule has 1 aromatic heterocycles. The summed E-state index contributed by atoms with van der Waals surface area (Å²) < 4.78 is 0.635. The highest BCUT2D eigenvalue weighted by molar-refractivity contribution is 9.10. The zero-order valence-electron chi connectivity index (χ0n) is 7.09. The molecule has 1 atom stereocenters. The molecular weight excluding hydrogens is 255 g/mol. The molecule has 0 unspecified atom stereocenters. The van der Waals surface area contributed by atoms with Crippen LogP contribution in [0.1, 0.15) is 12.5 Å². The zero-order chi connectivity index (χ0) is 10.1. The maximum absolute atomic E-state index is 9.05. The number of pyridine rings is 1. The van der Waals surface area contributed by atoms with Crippen LogP contribution in [0.15, 0.2) is 16.7 Å². The lowest BCUT2D eigenvalue weighted by atomic mass is 9.95. The van der Waals surface area contributed by atoms with Crippen molar-refractivity contribution in [1.29, 1.82) is 0 Å². The van der Waals surface area contributed by atoms with Gasteiger partial charge in [0.1, 0.15) is 5.15 Å². The molecule has 5 heteroatoms. The van der Waals surface area contributed by atoms with Gasteiger partial charge in [0.05, 0.1) is 16.6 Å². The van der Waals surface area contributed by atoms with E-state index < -0.39 is 5.54 Å². The van der Waals surface area contributed by atoms with E-state index in [4.69, 9.17) is 22.4 Å². The van der Waals surface area contributed by atoms with Crippen LogP contribution in [0.2, 0.25) is 5.15 Å². The summed E-state index contributed by atoms with van der Waals surface area (Å²) in [6, 6.07) is 1.73. The number of hydrogen-bond acceptors (Lipinski definition) is 3. The van der Waals surface area contributed by atoms with Crippen LogP contribution >= 0.6 is 27.5 Å². The number of aromatic nitrogens is 1.